The highest BCUT2D eigenvalue weighted by Crippen LogP contribution is 2.33. The maximum Gasteiger partial charge on any atom is 0.278 e. The van der Waals surface area contributed by atoms with Crippen molar-refractivity contribution < 1.29 is 9.26 Å². The summed E-state index contributed by atoms with van der Waals surface area (Å²) in [4.78, 5) is 9.17. The van der Waals surface area contributed by atoms with E-state index >= 15 is 0 Å². The van der Waals surface area contributed by atoms with E-state index in [0.717, 1.165) is 34.0 Å². The van der Waals surface area contributed by atoms with Gasteiger partial charge in [0.1, 0.15) is 12.0 Å². The molecule has 0 saturated carbocycles. The second-order valence-electron chi connectivity index (χ2n) is 7.52. The number of hydrogen-bond acceptors (Lipinski definition) is 7. The number of methoxy groups -OCH3 is 1. The van der Waals surface area contributed by atoms with Crippen LogP contribution in [0, 0.1) is 6.92 Å². The molecular formula is C20H21N7O2. The zero-order valence-electron chi connectivity index (χ0n) is 16.7. The molecule has 9 heteroatoms. The maximum atomic E-state index is 5.53. The number of fused-ring (bicyclic) bond motifs is 5. The highest BCUT2D eigenvalue weighted by molar-refractivity contribution is 5.62. The molecule has 0 bridgehead atoms. The predicted octanol–water partition coefficient (Wildman–Crippen LogP) is 2.99. The molecular weight excluding hydrogens is 370 g/mol. The maximum absolute atomic E-state index is 5.53. The van der Waals surface area contributed by atoms with Crippen molar-refractivity contribution in [3.05, 3.63) is 53.0 Å². The number of aryl methyl sites for hydroxylation is 1. The van der Waals surface area contributed by atoms with Crippen molar-refractivity contribution in [3.63, 3.8) is 0 Å². The average molecular weight is 391 g/mol. The van der Waals surface area contributed by atoms with Gasteiger partial charge in [-0.1, -0.05) is 30.3 Å². The Morgan fingerprint density at radius 1 is 1.21 bits per heavy atom. The summed E-state index contributed by atoms with van der Waals surface area (Å²) in [5.41, 5.74) is 6.45. The molecule has 0 fully saturated rings. The summed E-state index contributed by atoms with van der Waals surface area (Å²) in [5, 5.41) is 12.9. The second-order valence-corrected chi connectivity index (χ2v) is 7.52. The zero-order chi connectivity index (χ0) is 20.1. The van der Waals surface area contributed by atoms with E-state index in [9.17, 15) is 0 Å². The molecule has 1 aromatic carbocycles. The van der Waals surface area contributed by atoms with Crippen LogP contribution in [0.1, 0.15) is 48.2 Å². The smallest absolute Gasteiger partial charge is 0.278 e. The number of nitrogens with zero attached hydrogens (tertiary/aromatic N) is 7. The van der Waals surface area contributed by atoms with Crippen LogP contribution in [0.3, 0.4) is 0 Å². The van der Waals surface area contributed by atoms with Crippen LogP contribution in [0.4, 0.5) is 0 Å². The van der Waals surface area contributed by atoms with E-state index < -0.39 is 0 Å². The van der Waals surface area contributed by atoms with Gasteiger partial charge in [-0.25, -0.2) is 9.67 Å². The summed E-state index contributed by atoms with van der Waals surface area (Å²) in [6.07, 6.45) is 2.36. The van der Waals surface area contributed by atoms with Crippen molar-refractivity contribution >= 4 is 0 Å². The number of rotatable bonds is 4. The minimum Gasteiger partial charge on any atom is -0.378 e. The lowest BCUT2D eigenvalue weighted by atomic mass is 10.1. The molecule has 0 radical (unpaired) electrons. The molecule has 3 aromatic heterocycles. The Labute approximate surface area is 167 Å². The van der Waals surface area contributed by atoms with Gasteiger partial charge in [0.2, 0.25) is 0 Å². The molecule has 0 amide bonds. The van der Waals surface area contributed by atoms with Gasteiger partial charge in [-0.2, -0.15) is 4.98 Å². The van der Waals surface area contributed by atoms with E-state index in [2.05, 4.69) is 55.1 Å². The third-order valence-electron chi connectivity index (χ3n) is 5.11. The third-order valence-corrected chi connectivity index (χ3v) is 5.11. The molecule has 0 unspecified atom stereocenters. The highest BCUT2D eigenvalue weighted by Gasteiger charge is 2.28. The summed E-state index contributed by atoms with van der Waals surface area (Å²) in [6, 6.07) is 6.24. The molecule has 4 aromatic rings. The average Bonchev–Trinajstić information content (AvgIpc) is 3.40. The minimum atomic E-state index is 0.177. The van der Waals surface area contributed by atoms with Gasteiger partial charge in [0, 0.05) is 19.4 Å². The first-order valence-corrected chi connectivity index (χ1v) is 9.50. The molecule has 9 nitrogen and oxygen atoms in total. The molecule has 4 heterocycles. The SMILES string of the molecule is COCc1nnn2c1Cc1c(-c3nc(C(C)C)no3)ncn1-c1ccc(C)cc1-2. The molecule has 1 aliphatic rings. The van der Waals surface area contributed by atoms with E-state index in [0.29, 0.717) is 30.4 Å². The third kappa shape index (κ3) is 2.77. The fourth-order valence-electron chi connectivity index (χ4n) is 3.61. The summed E-state index contributed by atoms with van der Waals surface area (Å²) >= 11 is 0. The lowest BCUT2D eigenvalue weighted by molar-refractivity contribution is 0.180. The van der Waals surface area contributed by atoms with E-state index in [1.54, 1.807) is 13.4 Å². The van der Waals surface area contributed by atoms with Crippen molar-refractivity contribution in [1.82, 2.24) is 34.7 Å². The normalized spacial score (nSPS) is 12.6. The molecule has 0 spiro atoms. The van der Waals surface area contributed by atoms with E-state index in [4.69, 9.17) is 9.26 Å². The van der Waals surface area contributed by atoms with Crippen LogP contribution in [-0.2, 0) is 17.8 Å². The van der Waals surface area contributed by atoms with Crippen LogP contribution in [0.25, 0.3) is 23.0 Å². The van der Waals surface area contributed by atoms with Crippen LogP contribution >= 0.6 is 0 Å². The summed E-state index contributed by atoms with van der Waals surface area (Å²) < 4.78 is 14.8. The van der Waals surface area contributed by atoms with Crippen molar-refractivity contribution in [1.29, 1.82) is 0 Å². The number of aromatic nitrogens is 7. The lowest BCUT2D eigenvalue weighted by Crippen LogP contribution is -2.04. The second kappa shape index (κ2) is 6.63. The first kappa shape index (κ1) is 17.7. The number of hydrogen-bond donors (Lipinski definition) is 0. The van der Waals surface area contributed by atoms with Gasteiger partial charge in [-0.15, -0.1) is 5.10 Å². The molecule has 0 N–H and O–H groups in total. The van der Waals surface area contributed by atoms with Crippen LogP contribution in [0.2, 0.25) is 0 Å². The first-order chi connectivity index (χ1) is 14.1. The molecule has 1 aliphatic heterocycles. The van der Waals surface area contributed by atoms with Crippen molar-refractivity contribution in [2.24, 2.45) is 0 Å². The number of ether oxygens (including phenoxy) is 1. The zero-order valence-corrected chi connectivity index (χ0v) is 16.7. The van der Waals surface area contributed by atoms with Gasteiger partial charge in [-0.05, 0) is 24.6 Å². The first-order valence-electron chi connectivity index (χ1n) is 9.50. The largest absolute Gasteiger partial charge is 0.378 e. The summed E-state index contributed by atoms with van der Waals surface area (Å²) in [7, 11) is 1.65. The van der Waals surface area contributed by atoms with Gasteiger partial charge in [-0.3, -0.25) is 4.57 Å². The minimum absolute atomic E-state index is 0.177. The van der Waals surface area contributed by atoms with Crippen LogP contribution in [-0.4, -0.2) is 41.8 Å². The molecule has 29 heavy (non-hydrogen) atoms. The summed E-state index contributed by atoms with van der Waals surface area (Å²) in [5.74, 6) is 1.26. The number of benzene rings is 1. The quantitative estimate of drug-likeness (QED) is 0.464. The molecule has 0 saturated heterocycles. The van der Waals surface area contributed by atoms with Crippen LogP contribution in [0.15, 0.2) is 29.0 Å². The van der Waals surface area contributed by atoms with E-state index in [1.807, 2.05) is 18.5 Å². The standard InChI is InChI=1S/C20H21N7O2/c1-11(2)19-22-20(29-24-19)18-17-8-15-13(9-28-4)23-25-27(15)16-7-12(3)5-6-14(16)26(17)10-21-18/h5-7,10-11H,8-9H2,1-4H3. The Bertz CT molecular complexity index is 1200. The van der Waals surface area contributed by atoms with Gasteiger partial charge in [0.05, 0.1) is 29.4 Å². The van der Waals surface area contributed by atoms with Gasteiger partial charge >= 0.3 is 0 Å². The lowest BCUT2D eigenvalue weighted by Gasteiger charge is -2.10. The fraction of sp³-hybridized carbons (Fsp3) is 0.350. The monoisotopic (exact) mass is 391 g/mol. The Morgan fingerprint density at radius 3 is 2.83 bits per heavy atom. The number of imidazole rings is 1. The Kier molecular flexibility index (Phi) is 4.06. The van der Waals surface area contributed by atoms with Gasteiger partial charge in [0.15, 0.2) is 11.5 Å². The molecule has 0 aliphatic carbocycles. The van der Waals surface area contributed by atoms with E-state index in [-0.39, 0.29) is 5.92 Å². The Balaban J connectivity index is 1.74. The van der Waals surface area contributed by atoms with Crippen molar-refractivity contribution in [3.8, 4) is 23.0 Å². The van der Waals surface area contributed by atoms with Crippen molar-refractivity contribution in [2.45, 2.75) is 39.7 Å². The summed E-state index contributed by atoms with van der Waals surface area (Å²) in [6.45, 7) is 6.51. The molecule has 0 atom stereocenters. The topological polar surface area (TPSA) is 96.7 Å². The van der Waals surface area contributed by atoms with Crippen LogP contribution < -0.4 is 0 Å². The Morgan fingerprint density at radius 2 is 2.07 bits per heavy atom. The predicted molar refractivity (Wildman–Crippen MR) is 104 cm³/mol. The van der Waals surface area contributed by atoms with Gasteiger partial charge in [0.25, 0.3) is 5.89 Å². The highest BCUT2D eigenvalue weighted by atomic mass is 16.5. The van der Waals surface area contributed by atoms with Crippen LogP contribution in [0.5, 0.6) is 0 Å². The molecule has 5 rings (SSSR count). The Hall–Kier alpha value is -3.33. The fourth-order valence-corrected chi connectivity index (χ4v) is 3.61. The molecule has 148 valence electrons. The van der Waals surface area contributed by atoms with Gasteiger partial charge < -0.3 is 9.26 Å². The van der Waals surface area contributed by atoms with E-state index in [1.165, 1.54) is 0 Å². The van der Waals surface area contributed by atoms with Crippen molar-refractivity contribution in [2.75, 3.05) is 7.11 Å².